The van der Waals surface area contributed by atoms with Crippen molar-refractivity contribution >= 4 is 40.2 Å². The number of hydrogen-bond donors (Lipinski definition) is 1. The summed E-state index contributed by atoms with van der Waals surface area (Å²) in [5.41, 5.74) is 2.64. The van der Waals surface area contributed by atoms with Crippen LogP contribution < -0.4 is 20.7 Å². The van der Waals surface area contributed by atoms with Crippen molar-refractivity contribution in [2.45, 2.75) is 25.3 Å². The maximum atomic E-state index is 13.1. The summed E-state index contributed by atoms with van der Waals surface area (Å²) in [5, 5.41) is 7.84. The number of aldehydes is 1. The van der Waals surface area contributed by atoms with E-state index in [4.69, 9.17) is 0 Å². The van der Waals surface area contributed by atoms with Gasteiger partial charge in [-0.2, -0.15) is 5.10 Å². The third-order valence-electron chi connectivity index (χ3n) is 8.23. The van der Waals surface area contributed by atoms with Crippen molar-refractivity contribution in [2.24, 2.45) is 5.92 Å². The Bertz CT molecular complexity index is 1460. The van der Waals surface area contributed by atoms with Gasteiger partial charge in [0, 0.05) is 74.6 Å². The maximum Gasteiger partial charge on any atom is 0.275 e. The van der Waals surface area contributed by atoms with Crippen LogP contribution in [-0.2, 0) is 9.59 Å². The van der Waals surface area contributed by atoms with E-state index in [-0.39, 0.29) is 24.3 Å². The number of aromatic nitrogens is 2. The molecule has 1 aromatic heterocycles. The Morgan fingerprint density at radius 3 is 2.41 bits per heavy atom. The largest absolute Gasteiger partial charge is 0.371 e. The highest BCUT2D eigenvalue weighted by Gasteiger charge is 2.30. The monoisotopic (exact) mass is 528 g/mol. The minimum Gasteiger partial charge on any atom is -0.371 e. The molecule has 4 heterocycles. The van der Waals surface area contributed by atoms with Crippen LogP contribution in [0, 0.1) is 5.92 Å². The number of nitrogens with one attached hydrogen (secondary N) is 1. The zero-order valence-corrected chi connectivity index (χ0v) is 21.8. The number of piperidine rings is 1. The average Bonchev–Trinajstić information content (AvgIpc) is 3.42. The molecular formula is C29H32N6O4. The second kappa shape index (κ2) is 10.6. The van der Waals surface area contributed by atoms with Crippen LogP contribution in [0.1, 0.15) is 35.7 Å². The normalized spacial score (nSPS) is 22.4. The van der Waals surface area contributed by atoms with Crippen molar-refractivity contribution in [3.05, 3.63) is 64.6 Å². The van der Waals surface area contributed by atoms with Gasteiger partial charge in [-0.3, -0.25) is 29.4 Å². The van der Waals surface area contributed by atoms with E-state index in [2.05, 4.69) is 25.1 Å². The zero-order chi connectivity index (χ0) is 26.9. The summed E-state index contributed by atoms with van der Waals surface area (Å²) >= 11 is 0. The molecule has 2 unspecified atom stereocenters. The molecule has 0 spiro atoms. The first-order valence-electron chi connectivity index (χ1n) is 13.6. The van der Waals surface area contributed by atoms with Crippen molar-refractivity contribution < 1.29 is 14.4 Å². The van der Waals surface area contributed by atoms with E-state index in [0.29, 0.717) is 16.9 Å². The predicted octanol–water partition coefficient (Wildman–Crippen LogP) is 1.84. The number of amides is 2. The molecule has 2 atom stereocenters. The van der Waals surface area contributed by atoms with Gasteiger partial charge in [0.05, 0.1) is 11.6 Å². The standard InChI is InChI=1S/C29H32N6O4/c36-19-20-1-3-23(4-2-20)34-10-9-21(18-34)17-32-11-13-33(14-12-32)24-5-6-25-22(15-24)16-30-35(29(25)39)26-7-8-27(37)31-28(26)38/h1-6,15-16,19,21,26H,7-14,17-18H2,(H,31,37,38). The van der Waals surface area contributed by atoms with Gasteiger partial charge in [0.1, 0.15) is 12.3 Å². The lowest BCUT2D eigenvalue weighted by atomic mass is 10.1. The highest BCUT2D eigenvalue weighted by Crippen LogP contribution is 2.26. The van der Waals surface area contributed by atoms with Crippen LogP contribution in [0.25, 0.3) is 10.8 Å². The fraction of sp³-hybridized carbons (Fsp3) is 0.414. The highest BCUT2D eigenvalue weighted by molar-refractivity contribution is 5.99. The molecule has 0 bridgehead atoms. The van der Waals surface area contributed by atoms with Gasteiger partial charge in [-0.15, -0.1) is 0 Å². The molecule has 3 aromatic rings. The number of nitrogens with zero attached hydrogens (tertiary/aromatic N) is 5. The number of fused-ring (bicyclic) bond motifs is 1. The first kappa shape index (κ1) is 25.2. The number of carbonyl (C=O) groups is 3. The van der Waals surface area contributed by atoms with Gasteiger partial charge < -0.3 is 9.80 Å². The van der Waals surface area contributed by atoms with Gasteiger partial charge in [-0.1, -0.05) is 0 Å². The molecule has 10 heteroatoms. The van der Waals surface area contributed by atoms with Crippen molar-refractivity contribution in [1.82, 2.24) is 20.0 Å². The molecule has 2 aromatic carbocycles. The Hall–Kier alpha value is -4.05. The fourth-order valence-corrected chi connectivity index (χ4v) is 6.02. The van der Waals surface area contributed by atoms with Crippen molar-refractivity contribution in [3.63, 3.8) is 0 Å². The minimum absolute atomic E-state index is 0.197. The lowest BCUT2D eigenvalue weighted by Crippen LogP contribution is -2.48. The van der Waals surface area contributed by atoms with Gasteiger partial charge in [0.15, 0.2) is 0 Å². The minimum atomic E-state index is -0.762. The Morgan fingerprint density at radius 2 is 1.67 bits per heavy atom. The average molecular weight is 529 g/mol. The number of benzene rings is 2. The van der Waals surface area contributed by atoms with Gasteiger partial charge >= 0.3 is 0 Å². The van der Waals surface area contributed by atoms with Crippen molar-refractivity contribution in [3.8, 4) is 0 Å². The summed E-state index contributed by atoms with van der Waals surface area (Å²) in [6.07, 6.45) is 4.16. The summed E-state index contributed by atoms with van der Waals surface area (Å²) in [7, 11) is 0. The Labute approximate surface area is 226 Å². The van der Waals surface area contributed by atoms with Crippen LogP contribution >= 0.6 is 0 Å². The van der Waals surface area contributed by atoms with Gasteiger partial charge in [-0.05, 0) is 61.2 Å². The number of rotatable bonds is 6. The summed E-state index contributed by atoms with van der Waals surface area (Å²) < 4.78 is 1.20. The third-order valence-corrected chi connectivity index (χ3v) is 8.23. The predicted molar refractivity (Wildman–Crippen MR) is 148 cm³/mol. The number of hydrogen-bond acceptors (Lipinski definition) is 8. The molecule has 0 saturated carbocycles. The molecule has 3 fully saturated rings. The van der Waals surface area contributed by atoms with E-state index in [1.54, 1.807) is 6.20 Å². The van der Waals surface area contributed by atoms with Crippen LogP contribution in [0.4, 0.5) is 11.4 Å². The Morgan fingerprint density at radius 1 is 0.897 bits per heavy atom. The summed E-state index contributed by atoms with van der Waals surface area (Å²) in [6, 6.07) is 12.9. The molecule has 10 nitrogen and oxygen atoms in total. The van der Waals surface area contributed by atoms with Gasteiger partial charge in [0.25, 0.3) is 11.5 Å². The maximum absolute atomic E-state index is 13.1. The summed E-state index contributed by atoms with van der Waals surface area (Å²) in [5.74, 6) is -0.170. The van der Waals surface area contributed by atoms with E-state index in [1.807, 2.05) is 42.5 Å². The lowest BCUT2D eigenvalue weighted by molar-refractivity contribution is -0.136. The Balaban J connectivity index is 1.06. The van der Waals surface area contributed by atoms with Gasteiger partial charge in [0.2, 0.25) is 5.91 Å². The molecule has 1 N–H and O–H groups in total. The number of imide groups is 1. The van der Waals surface area contributed by atoms with E-state index >= 15 is 0 Å². The van der Waals surface area contributed by atoms with E-state index in [9.17, 15) is 19.2 Å². The number of piperazine rings is 1. The molecule has 3 aliphatic heterocycles. The SMILES string of the molecule is O=Cc1ccc(N2CCC(CN3CCN(c4ccc5c(=O)n(C6CCC(=O)NC6=O)ncc5c4)CC3)C2)cc1. The molecule has 0 radical (unpaired) electrons. The van der Waals surface area contributed by atoms with Crippen LogP contribution in [0.3, 0.4) is 0 Å². The van der Waals surface area contributed by atoms with E-state index < -0.39 is 11.9 Å². The number of anilines is 2. The summed E-state index contributed by atoms with van der Waals surface area (Å²) in [4.78, 5) is 55.0. The van der Waals surface area contributed by atoms with Crippen molar-refractivity contribution in [1.29, 1.82) is 0 Å². The van der Waals surface area contributed by atoms with Crippen LogP contribution in [0.5, 0.6) is 0 Å². The third kappa shape index (κ3) is 5.16. The molecule has 202 valence electrons. The first-order valence-corrected chi connectivity index (χ1v) is 13.6. The zero-order valence-electron chi connectivity index (χ0n) is 21.8. The van der Waals surface area contributed by atoms with Crippen LogP contribution in [-0.4, -0.2) is 78.6 Å². The summed E-state index contributed by atoms with van der Waals surface area (Å²) in [6.45, 7) is 6.95. The quantitative estimate of drug-likeness (QED) is 0.382. The molecule has 2 amide bonds. The molecule has 3 aliphatic rings. The molecule has 6 rings (SSSR count). The fourth-order valence-electron chi connectivity index (χ4n) is 6.02. The second-order valence-corrected chi connectivity index (χ2v) is 10.7. The molecule has 3 saturated heterocycles. The smallest absolute Gasteiger partial charge is 0.275 e. The van der Waals surface area contributed by atoms with E-state index in [0.717, 1.165) is 63.2 Å². The number of carbonyl (C=O) groups excluding carboxylic acids is 3. The lowest BCUT2D eigenvalue weighted by Gasteiger charge is -2.37. The molecular weight excluding hydrogens is 496 g/mol. The van der Waals surface area contributed by atoms with Crippen molar-refractivity contribution in [2.75, 3.05) is 55.6 Å². The highest BCUT2D eigenvalue weighted by atomic mass is 16.2. The van der Waals surface area contributed by atoms with E-state index in [1.165, 1.54) is 16.8 Å². The first-order chi connectivity index (χ1) is 19.0. The molecule has 39 heavy (non-hydrogen) atoms. The van der Waals surface area contributed by atoms with Gasteiger partial charge in [-0.25, -0.2) is 4.68 Å². The topological polar surface area (TPSA) is 108 Å². The Kier molecular flexibility index (Phi) is 6.86. The van der Waals surface area contributed by atoms with Crippen LogP contribution in [0.2, 0.25) is 0 Å². The molecule has 0 aliphatic carbocycles. The second-order valence-electron chi connectivity index (χ2n) is 10.7. The van der Waals surface area contributed by atoms with Crippen LogP contribution in [0.15, 0.2) is 53.5 Å².